The van der Waals surface area contributed by atoms with Gasteiger partial charge in [0.15, 0.2) is 0 Å². The van der Waals surface area contributed by atoms with Gasteiger partial charge in [0, 0.05) is 28.8 Å². The second-order valence-electron chi connectivity index (χ2n) is 8.16. The molecule has 1 aliphatic heterocycles. The number of hydrogen-bond acceptors (Lipinski definition) is 4. The lowest BCUT2D eigenvalue weighted by Crippen LogP contribution is -2.26. The van der Waals surface area contributed by atoms with Gasteiger partial charge in [-0.25, -0.2) is 9.37 Å². The number of nitrogens with one attached hydrogen (secondary N) is 4. The van der Waals surface area contributed by atoms with E-state index in [1.165, 1.54) is 6.07 Å². The smallest absolute Gasteiger partial charge is 0.261 e. The first-order valence-corrected chi connectivity index (χ1v) is 12.1. The number of fused-ring (bicyclic) bond motifs is 2. The number of alkyl halides is 1. The summed E-state index contributed by atoms with van der Waals surface area (Å²) in [5.74, 6) is 0.0453. The Morgan fingerprint density at radius 2 is 2.06 bits per heavy atom. The molecule has 1 amide bonds. The van der Waals surface area contributed by atoms with Crippen LogP contribution in [0.15, 0.2) is 47.4 Å². The lowest BCUT2D eigenvalue weighted by Gasteiger charge is -2.20. The molecule has 0 bridgehead atoms. The van der Waals surface area contributed by atoms with Gasteiger partial charge in [-0.2, -0.15) is 0 Å². The second kappa shape index (κ2) is 8.62. The van der Waals surface area contributed by atoms with E-state index in [1.807, 2.05) is 13.0 Å². The predicted molar refractivity (Wildman–Crippen MR) is 134 cm³/mol. The monoisotopic (exact) mass is 557 g/mol. The van der Waals surface area contributed by atoms with Gasteiger partial charge in [0.25, 0.3) is 11.5 Å². The number of pyridine rings is 1. The van der Waals surface area contributed by atoms with Crippen LogP contribution in [0.2, 0.25) is 0 Å². The fraction of sp³-hybridized carbons (Fsp3) is 0.208. The minimum atomic E-state index is -0.279. The Morgan fingerprint density at radius 3 is 2.88 bits per heavy atom. The summed E-state index contributed by atoms with van der Waals surface area (Å²) in [6, 6.07) is 10.2. The van der Waals surface area contributed by atoms with Gasteiger partial charge in [0.05, 0.1) is 16.7 Å². The average Bonchev–Trinajstić information content (AvgIpc) is 3.37. The van der Waals surface area contributed by atoms with Crippen molar-refractivity contribution in [3.63, 3.8) is 0 Å². The fourth-order valence-electron chi connectivity index (χ4n) is 4.17. The lowest BCUT2D eigenvalue weighted by atomic mass is 10.0. The summed E-state index contributed by atoms with van der Waals surface area (Å²) in [6.45, 7) is 2.44. The number of imidazole rings is 1. The lowest BCUT2D eigenvalue weighted by molar-refractivity contribution is 0.0966. The summed E-state index contributed by atoms with van der Waals surface area (Å²) in [4.78, 5) is 35.4. The summed E-state index contributed by atoms with van der Waals surface area (Å²) in [5, 5.41) is 6.25. The highest BCUT2D eigenvalue weighted by atomic mass is 127. The quantitative estimate of drug-likeness (QED) is 0.212. The standard InChI is InChI=1S/C24H21FIN5O2/c1-12-2-3-15(25)6-13(12)7-16(10-26)29-18-4-5-27-24(33)21(18)22-30-19-8-14-11-28-23(32)17(14)9-20(19)31-22/h2-6,8-9,16H,7,10-11H2,1H3,(H,28,32)(H,30,31)(H2,27,29,33)/t16-/m1/s1. The van der Waals surface area contributed by atoms with E-state index >= 15 is 0 Å². The minimum Gasteiger partial charge on any atom is -0.380 e. The van der Waals surface area contributed by atoms with Crippen LogP contribution >= 0.6 is 22.6 Å². The molecule has 3 heterocycles. The van der Waals surface area contributed by atoms with Crippen LogP contribution < -0.4 is 16.2 Å². The Morgan fingerprint density at radius 1 is 1.21 bits per heavy atom. The summed E-state index contributed by atoms with van der Waals surface area (Å²) in [5.41, 5.74) is 5.59. The highest BCUT2D eigenvalue weighted by Gasteiger charge is 2.22. The van der Waals surface area contributed by atoms with Crippen molar-refractivity contribution in [1.29, 1.82) is 0 Å². The Labute approximate surface area is 202 Å². The molecule has 0 saturated carbocycles. The van der Waals surface area contributed by atoms with Crippen molar-refractivity contribution in [1.82, 2.24) is 20.3 Å². The van der Waals surface area contributed by atoms with E-state index in [2.05, 4.69) is 48.2 Å². The number of amides is 1. The molecular formula is C24H21FIN5O2. The van der Waals surface area contributed by atoms with Gasteiger partial charge in [-0.1, -0.05) is 28.7 Å². The molecule has 2 aromatic carbocycles. The zero-order valence-corrected chi connectivity index (χ0v) is 19.9. The van der Waals surface area contributed by atoms with Crippen molar-refractivity contribution < 1.29 is 9.18 Å². The molecule has 4 N–H and O–H groups in total. The summed E-state index contributed by atoms with van der Waals surface area (Å²) in [7, 11) is 0. The van der Waals surface area contributed by atoms with Crippen LogP contribution in [0.4, 0.5) is 10.1 Å². The predicted octanol–water partition coefficient (Wildman–Crippen LogP) is 4.07. The number of hydrogen-bond donors (Lipinski definition) is 4. The molecule has 1 aliphatic rings. The van der Waals surface area contributed by atoms with E-state index in [0.29, 0.717) is 41.1 Å². The second-order valence-corrected chi connectivity index (χ2v) is 9.04. The van der Waals surface area contributed by atoms with Crippen molar-refractivity contribution >= 4 is 45.2 Å². The van der Waals surface area contributed by atoms with Gasteiger partial charge in [0.1, 0.15) is 17.2 Å². The van der Waals surface area contributed by atoms with Gasteiger partial charge >= 0.3 is 0 Å². The van der Waals surface area contributed by atoms with E-state index in [4.69, 9.17) is 0 Å². The van der Waals surface area contributed by atoms with Crippen molar-refractivity contribution in [3.8, 4) is 11.4 Å². The van der Waals surface area contributed by atoms with Crippen LogP contribution in [0, 0.1) is 12.7 Å². The number of H-pyrrole nitrogens is 2. The Kier molecular flexibility index (Phi) is 5.65. The molecule has 1 atom stereocenters. The summed E-state index contributed by atoms with van der Waals surface area (Å²) >= 11 is 2.29. The number of carbonyl (C=O) groups excluding carboxylic acids is 1. The first-order valence-electron chi connectivity index (χ1n) is 10.5. The zero-order chi connectivity index (χ0) is 23.1. The average molecular weight is 557 g/mol. The normalized spacial score (nSPS) is 13.7. The maximum atomic E-state index is 13.8. The highest BCUT2D eigenvalue weighted by Crippen LogP contribution is 2.28. The minimum absolute atomic E-state index is 0.0245. The third-order valence-corrected chi connectivity index (χ3v) is 6.98. The number of aryl methyl sites for hydroxylation is 1. The SMILES string of the molecule is Cc1ccc(F)cc1C[C@H](CI)Nc1cc[nH]c(=O)c1-c1nc2cc3c(cc2[nH]1)CNC3=O. The van der Waals surface area contributed by atoms with Crippen LogP contribution in [0.5, 0.6) is 0 Å². The molecule has 2 aromatic heterocycles. The maximum Gasteiger partial charge on any atom is 0.261 e. The van der Waals surface area contributed by atoms with Crippen LogP contribution in [0.25, 0.3) is 22.4 Å². The molecule has 0 fully saturated rings. The number of aromatic amines is 2. The number of anilines is 1. The van der Waals surface area contributed by atoms with Gasteiger partial charge < -0.3 is 20.6 Å². The molecule has 0 saturated heterocycles. The molecule has 0 aliphatic carbocycles. The number of rotatable bonds is 6. The van der Waals surface area contributed by atoms with Gasteiger partial charge in [-0.05, 0) is 60.4 Å². The molecule has 0 radical (unpaired) electrons. The summed E-state index contributed by atoms with van der Waals surface area (Å²) in [6.07, 6.45) is 2.20. The summed E-state index contributed by atoms with van der Waals surface area (Å²) < 4.78 is 14.5. The van der Waals surface area contributed by atoms with Crippen molar-refractivity contribution in [2.75, 3.05) is 9.74 Å². The molecular weight excluding hydrogens is 536 g/mol. The van der Waals surface area contributed by atoms with Crippen LogP contribution in [0.1, 0.15) is 27.0 Å². The molecule has 168 valence electrons. The fourth-order valence-corrected chi connectivity index (χ4v) is 4.70. The van der Waals surface area contributed by atoms with Crippen LogP contribution in [-0.2, 0) is 13.0 Å². The third kappa shape index (κ3) is 4.12. The topological polar surface area (TPSA) is 103 Å². The van der Waals surface area contributed by atoms with Crippen molar-refractivity contribution in [3.05, 3.63) is 81.0 Å². The van der Waals surface area contributed by atoms with Crippen molar-refractivity contribution in [2.45, 2.75) is 25.9 Å². The van der Waals surface area contributed by atoms with Crippen LogP contribution in [0.3, 0.4) is 0 Å². The number of carbonyl (C=O) groups is 1. The number of benzene rings is 2. The number of halogens is 2. The molecule has 5 rings (SSSR count). The number of nitrogens with zero attached hydrogens (tertiary/aromatic N) is 1. The largest absolute Gasteiger partial charge is 0.380 e. The first kappa shape index (κ1) is 21.6. The van der Waals surface area contributed by atoms with Crippen molar-refractivity contribution in [2.24, 2.45) is 0 Å². The Bertz CT molecular complexity index is 1440. The number of aromatic nitrogens is 3. The molecule has 33 heavy (non-hydrogen) atoms. The zero-order valence-electron chi connectivity index (χ0n) is 17.8. The van der Waals surface area contributed by atoms with Gasteiger partial charge in [0.2, 0.25) is 0 Å². The van der Waals surface area contributed by atoms with Gasteiger partial charge in [-0.3, -0.25) is 9.59 Å². The molecule has 9 heteroatoms. The van der Waals surface area contributed by atoms with Crippen LogP contribution in [-0.4, -0.2) is 31.3 Å². The highest BCUT2D eigenvalue weighted by molar-refractivity contribution is 14.1. The van der Waals surface area contributed by atoms with E-state index in [9.17, 15) is 14.0 Å². The Hall–Kier alpha value is -3.21. The van der Waals surface area contributed by atoms with E-state index in [-0.39, 0.29) is 23.3 Å². The first-order chi connectivity index (χ1) is 15.9. The van der Waals surface area contributed by atoms with E-state index in [0.717, 1.165) is 26.6 Å². The molecule has 4 aromatic rings. The molecule has 0 spiro atoms. The van der Waals surface area contributed by atoms with E-state index < -0.39 is 0 Å². The maximum absolute atomic E-state index is 13.8. The van der Waals surface area contributed by atoms with E-state index in [1.54, 1.807) is 30.5 Å². The Balaban J connectivity index is 1.51. The molecule has 0 unspecified atom stereocenters. The third-order valence-electron chi connectivity index (χ3n) is 5.91. The molecule has 7 nitrogen and oxygen atoms in total. The van der Waals surface area contributed by atoms with Gasteiger partial charge in [-0.15, -0.1) is 0 Å².